The second-order valence-corrected chi connectivity index (χ2v) is 7.73. The number of aromatic amines is 1. The van der Waals surface area contributed by atoms with Gasteiger partial charge in [-0.1, -0.05) is 36.4 Å². The van der Waals surface area contributed by atoms with E-state index in [0.29, 0.717) is 18.7 Å². The number of hydrogen-bond donors (Lipinski definition) is 1. The molecule has 0 saturated carbocycles. The van der Waals surface area contributed by atoms with Crippen LogP contribution in [-0.4, -0.2) is 28.9 Å². The van der Waals surface area contributed by atoms with E-state index in [9.17, 15) is 9.18 Å². The van der Waals surface area contributed by atoms with E-state index >= 15 is 0 Å². The van der Waals surface area contributed by atoms with Gasteiger partial charge in [-0.2, -0.15) is 0 Å². The van der Waals surface area contributed by atoms with Crippen LogP contribution >= 0.6 is 0 Å². The average Bonchev–Trinajstić information content (AvgIpc) is 3.17. The van der Waals surface area contributed by atoms with Crippen LogP contribution in [0.2, 0.25) is 0 Å². The van der Waals surface area contributed by atoms with Crippen LogP contribution in [0.1, 0.15) is 40.1 Å². The number of amides is 1. The first-order chi connectivity index (χ1) is 15.2. The van der Waals surface area contributed by atoms with Gasteiger partial charge in [-0.3, -0.25) is 4.79 Å². The van der Waals surface area contributed by atoms with Crippen LogP contribution < -0.4 is 4.74 Å². The minimum atomic E-state index is -0.410. The number of carbonyl (C=O) groups is 1. The minimum Gasteiger partial charge on any atom is -0.494 e. The summed E-state index contributed by atoms with van der Waals surface area (Å²) >= 11 is 0. The molecule has 156 valence electrons. The summed E-state index contributed by atoms with van der Waals surface area (Å²) in [5.74, 6) is 0.205. The van der Waals surface area contributed by atoms with Crippen molar-refractivity contribution >= 4 is 16.8 Å². The molecule has 0 saturated heterocycles. The van der Waals surface area contributed by atoms with E-state index in [1.54, 1.807) is 12.1 Å². The van der Waals surface area contributed by atoms with Crippen LogP contribution in [0.15, 0.2) is 72.8 Å². The van der Waals surface area contributed by atoms with Crippen LogP contribution in [-0.2, 0) is 6.42 Å². The summed E-state index contributed by atoms with van der Waals surface area (Å²) < 4.78 is 19.4. The maximum absolute atomic E-state index is 13.8. The predicted octanol–water partition coefficient (Wildman–Crippen LogP) is 5.49. The summed E-state index contributed by atoms with van der Waals surface area (Å²) in [5, 5.41) is 1.19. The van der Waals surface area contributed by atoms with Crippen molar-refractivity contribution in [1.29, 1.82) is 0 Å². The summed E-state index contributed by atoms with van der Waals surface area (Å²) in [6.07, 6.45) is 0.744. The van der Waals surface area contributed by atoms with Gasteiger partial charge in [0.15, 0.2) is 0 Å². The van der Waals surface area contributed by atoms with Crippen molar-refractivity contribution in [2.45, 2.75) is 19.4 Å². The van der Waals surface area contributed by atoms with E-state index in [4.69, 9.17) is 4.74 Å². The van der Waals surface area contributed by atoms with E-state index in [1.165, 1.54) is 23.1 Å². The number of para-hydroxylation sites is 1. The molecule has 3 aromatic carbocycles. The first-order valence-electron chi connectivity index (χ1n) is 10.5. The number of rotatable bonds is 4. The van der Waals surface area contributed by atoms with Gasteiger partial charge < -0.3 is 14.6 Å². The van der Waals surface area contributed by atoms with Crippen molar-refractivity contribution in [1.82, 2.24) is 9.88 Å². The summed E-state index contributed by atoms with van der Waals surface area (Å²) in [7, 11) is 0. The first-order valence-corrected chi connectivity index (χ1v) is 10.5. The Balaban J connectivity index is 1.63. The third-order valence-electron chi connectivity index (χ3n) is 5.87. The second kappa shape index (κ2) is 7.91. The Kier molecular flexibility index (Phi) is 4.94. The van der Waals surface area contributed by atoms with E-state index < -0.39 is 5.82 Å². The Bertz CT molecular complexity index is 1250. The van der Waals surface area contributed by atoms with E-state index in [2.05, 4.69) is 17.1 Å². The van der Waals surface area contributed by atoms with Crippen molar-refractivity contribution in [3.63, 3.8) is 0 Å². The third-order valence-corrected chi connectivity index (χ3v) is 5.87. The summed E-state index contributed by atoms with van der Waals surface area (Å²) in [6.45, 7) is 3.10. The zero-order valence-electron chi connectivity index (χ0n) is 17.3. The largest absolute Gasteiger partial charge is 0.494 e. The molecule has 0 fully saturated rings. The van der Waals surface area contributed by atoms with Gasteiger partial charge in [-0.25, -0.2) is 4.39 Å². The molecule has 1 amide bonds. The SMILES string of the molecule is CCOc1ccc(C2c3[nH]c4ccccc4c3CCN2C(=O)c2cccc(F)c2)cc1. The molecule has 5 rings (SSSR count). The lowest BCUT2D eigenvalue weighted by Crippen LogP contribution is -2.40. The zero-order valence-corrected chi connectivity index (χ0v) is 17.3. The fraction of sp³-hybridized carbons (Fsp3) is 0.192. The Morgan fingerprint density at radius 1 is 1.10 bits per heavy atom. The molecule has 1 aliphatic heterocycles. The van der Waals surface area contributed by atoms with Crippen molar-refractivity contribution < 1.29 is 13.9 Å². The fourth-order valence-corrected chi connectivity index (χ4v) is 4.51. The van der Waals surface area contributed by atoms with Gasteiger partial charge in [0.1, 0.15) is 11.6 Å². The van der Waals surface area contributed by atoms with Gasteiger partial charge in [-0.15, -0.1) is 0 Å². The molecule has 0 bridgehead atoms. The number of carbonyl (C=O) groups excluding carboxylic acids is 1. The standard InChI is InChI=1S/C26H23FN2O2/c1-2-31-20-12-10-17(11-13-20)25-24-22(21-8-3-4-9-23(21)28-24)14-15-29(25)26(30)18-6-5-7-19(27)16-18/h3-13,16,25,28H,2,14-15H2,1H3. The predicted molar refractivity (Wildman–Crippen MR) is 119 cm³/mol. The van der Waals surface area contributed by atoms with Crippen LogP contribution in [0, 0.1) is 5.82 Å². The Morgan fingerprint density at radius 2 is 1.90 bits per heavy atom. The van der Waals surface area contributed by atoms with Gasteiger partial charge in [-0.05, 0) is 60.9 Å². The highest BCUT2D eigenvalue weighted by Crippen LogP contribution is 2.39. The molecule has 5 heteroatoms. The normalized spacial score (nSPS) is 15.7. The second-order valence-electron chi connectivity index (χ2n) is 7.73. The van der Waals surface area contributed by atoms with E-state index in [-0.39, 0.29) is 11.9 Å². The molecule has 2 heterocycles. The molecule has 31 heavy (non-hydrogen) atoms. The molecule has 0 radical (unpaired) electrons. The van der Waals surface area contributed by atoms with Crippen LogP contribution in [0.25, 0.3) is 10.9 Å². The third kappa shape index (κ3) is 3.46. The Hall–Kier alpha value is -3.60. The van der Waals surface area contributed by atoms with Gasteiger partial charge in [0.05, 0.1) is 12.6 Å². The summed E-state index contributed by atoms with van der Waals surface area (Å²) in [4.78, 5) is 18.8. The van der Waals surface area contributed by atoms with Crippen molar-refractivity contribution in [2.75, 3.05) is 13.2 Å². The Morgan fingerprint density at radius 3 is 2.68 bits per heavy atom. The number of nitrogens with zero attached hydrogens (tertiary/aromatic N) is 1. The highest BCUT2D eigenvalue weighted by Gasteiger charge is 2.35. The molecule has 4 aromatic rings. The van der Waals surface area contributed by atoms with E-state index in [1.807, 2.05) is 48.2 Å². The van der Waals surface area contributed by atoms with E-state index in [0.717, 1.165) is 28.9 Å². The van der Waals surface area contributed by atoms with Gasteiger partial charge in [0, 0.05) is 28.7 Å². The minimum absolute atomic E-state index is 0.178. The maximum Gasteiger partial charge on any atom is 0.254 e. The Labute approximate surface area is 180 Å². The smallest absolute Gasteiger partial charge is 0.254 e. The quantitative estimate of drug-likeness (QED) is 0.480. The number of hydrogen-bond acceptors (Lipinski definition) is 2. The number of fused-ring (bicyclic) bond motifs is 3. The zero-order chi connectivity index (χ0) is 21.4. The average molecular weight is 414 g/mol. The van der Waals surface area contributed by atoms with Gasteiger partial charge in [0.25, 0.3) is 5.91 Å². The topological polar surface area (TPSA) is 45.3 Å². The molecule has 0 aliphatic carbocycles. The number of aromatic nitrogens is 1. The number of halogens is 1. The monoisotopic (exact) mass is 414 g/mol. The summed E-state index contributed by atoms with van der Waals surface area (Å²) in [5.41, 5.74) is 4.65. The number of H-pyrrole nitrogens is 1. The van der Waals surface area contributed by atoms with Crippen LogP contribution in [0.4, 0.5) is 4.39 Å². The lowest BCUT2D eigenvalue weighted by atomic mass is 9.91. The number of ether oxygens (including phenoxy) is 1. The molecule has 1 unspecified atom stereocenters. The highest BCUT2D eigenvalue weighted by molar-refractivity contribution is 5.95. The molecular weight excluding hydrogens is 391 g/mol. The molecule has 1 aliphatic rings. The lowest BCUT2D eigenvalue weighted by molar-refractivity contribution is 0.0691. The summed E-state index contributed by atoms with van der Waals surface area (Å²) in [6, 6.07) is 21.7. The lowest BCUT2D eigenvalue weighted by Gasteiger charge is -2.36. The number of benzene rings is 3. The molecule has 1 aromatic heterocycles. The maximum atomic E-state index is 13.8. The highest BCUT2D eigenvalue weighted by atomic mass is 19.1. The molecule has 1 N–H and O–H groups in total. The first kappa shape index (κ1) is 19.4. The van der Waals surface area contributed by atoms with Gasteiger partial charge in [0.2, 0.25) is 0 Å². The molecule has 1 atom stereocenters. The van der Waals surface area contributed by atoms with Crippen LogP contribution in [0.3, 0.4) is 0 Å². The molecule has 4 nitrogen and oxygen atoms in total. The number of nitrogens with one attached hydrogen (secondary N) is 1. The van der Waals surface area contributed by atoms with Crippen LogP contribution in [0.5, 0.6) is 5.75 Å². The van der Waals surface area contributed by atoms with Gasteiger partial charge >= 0.3 is 0 Å². The van der Waals surface area contributed by atoms with Crippen molar-refractivity contribution in [3.8, 4) is 5.75 Å². The molecule has 0 spiro atoms. The van der Waals surface area contributed by atoms with Crippen molar-refractivity contribution in [2.24, 2.45) is 0 Å². The van der Waals surface area contributed by atoms with Crippen molar-refractivity contribution in [3.05, 3.63) is 101 Å². The fourth-order valence-electron chi connectivity index (χ4n) is 4.51. The molecular formula is C26H23FN2O2.